The first-order chi connectivity index (χ1) is 29.2. The Kier molecular flexibility index (Phi) is 15.4. The molecule has 0 unspecified atom stereocenters. The van der Waals surface area contributed by atoms with Gasteiger partial charge in [0.15, 0.2) is 5.71 Å². The smallest absolute Gasteiger partial charge is 0.744 e. The minimum atomic E-state index is -4.62. The van der Waals surface area contributed by atoms with Gasteiger partial charge in [-0.2, -0.15) is 18.2 Å². The molecule has 7 rings (SSSR count). The Balaban J connectivity index is 0.00000641. The van der Waals surface area contributed by atoms with E-state index >= 15 is 0 Å². The van der Waals surface area contributed by atoms with Crippen LogP contribution in [0.5, 0.6) is 0 Å². The van der Waals surface area contributed by atoms with Gasteiger partial charge < -0.3 is 19.7 Å². The van der Waals surface area contributed by atoms with Crippen LogP contribution < -0.4 is 66.5 Å². The van der Waals surface area contributed by atoms with Gasteiger partial charge in [0, 0.05) is 65.3 Å². The first-order valence-electron chi connectivity index (χ1n) is 21.3. The van der Waals surface area contributed by atoms with Crippen molar-refractivity contribution in [3.05, 3.63) is 143 Å². The molecule has 0 saturated carbocycles. The number of fused-ring (bicyclic) bond motifs is 4. The molecule has 11 heteroatoms. The van der Waals surface area contributed by atoms with Gasteiger partial charge in [-0.05, 0) is 79.3 Å². The summed E-state index contributed by atoms with van der Waals surface area (Å²) in [6.07, 6.45) is 11.9. The molecule has 1 N–H and O–H groups in total. The van der Waals surface area contributed by atoms with Crippen molar-refractivity contribution in [1.29, 1.82) is 0 Å². The van der Waals surface area contributed by atoms with Crippen LogP contribution in [-0.4, -0.2) is 55.2 Å². The standard InChI is InChI=1S/C51H56N4O5S.K/c1-50(2)41-22-13-15-24-44(41)53(5)46(50)25-18-26-47-51(3,4)42-35-40(61(58,59)60)31-32-45(42)54(47)34-17-7-8-27-48(56)52-33-16-6-9-28-49(57)55-36-39-21-11-10-19-37(39)29-30-38-20-12-14-23-43(38)55;/h10-12,14-15,18-26,31-32,35H,6-9,16-17,27-28,33-34,36H2,1-5H3,(H,52,56)(H,58,59,60);/q;+1/p-1. The van der Waals surface area contributed by atoms with Crippen molar-refractivity contribution in [2.45, 2.75) is 101 Å². The maximum absolute atomic E-state index is 13.5. The van der Waals surface area contributed by atoms with Crippen molar-refractivity contribution in [3.8, 4) is 11.8 Å². The number of rotatable bonds is 15. The third kappa shape index (κ3) is 10.3. The third-order valence-electron chi connectivity index (χ3n) is 12.4. The predicted octanol–water partition coefficient (Wildman–Crippen LogP) is 5.82. The summed E-state index contributed by atoms with van der Waals surface area (Å²) in [6.45, 7) is 10.3. The van der Waals surface area contributed by atoms with Crippen molar-refractivity contribution in [2.75, 3.05) is 29.9 Å². The number of carbonyl (C=O) groups is 2. The number of nitrogens with zero attached hydrogens (tertiary/aromatic N) is 3. The molecule has 9 nitrogen and oxygen atoms in total. The Bertz CT molecular complexity index is 2620. The van der Waals surface area contributed by atoms with E-state index in [4.69, 9.17) is 0 Å². The van der Waals surface area contributed by atoms with Crippen LogP contribution in [0.25, 0.3) is 0 Å². The minimum absolute atomic E-state index is 0. The van der Waals surface area contributed by atoms with E-state index < -0.39 is 15.5 Å². The molecule has 4 aromatic carbocycles. The van der Waals surface area contributed by atoms with Gasteiger partial charge in [0.1, 0.15) is 22.9 Å². The van der Waals surface area contributed by atoms with Crippen molar-refractivity contribution in [3.63, 3.8) is 0 Å². The Morgan fingerprint density at radius 3 is 2.34 bits per heavy atom. The molecule has 316 valence electrons. The largest absolute Gasteiger partial charge is 1.00 e. The van der Waals surface area contributed by atoms with Crippen LogP contribution in [0.4, 0.5) is 17.1 Å². The van der Waals surface area contributed by atoms with E-state index in [1.807, 2.05) is 59.5 Å². The van der Waals surface area contributed by atoms with Crippen molar-refractivity contribution < 1.29 is 78.5 Å². The first kappa shape index (κ1) is 47.4. The fraction of sp³-hybridized carbons (Fsp3) is 0.353. The number of allylic oxidation sites excluding steroid dienone is 4. The topological polar surface area (TPSA) is 113 Å². The van der Waals surface area contributed by atoms with Crippen LogP contribution in [0.1, 0.15) is 107 Å². The number of unbranched alkanes of at least 4 members (excludes halogenated alkanes) is 4. The third-order valence-corrected chi connectivity index (χ3v) is 13.2. The van der Waals surface area contributed by atoms with Crippen molar-refractivity contribution >= 4 is 44.7 Å². The van der Waals surface area contributed by atoms with Gasteiger partial charge in [-0.15, -0.1) is 6.07 Å². The zero-order valence-corrected chi connectivity index (χ0v) is 40.8. The molecule has 0 aromatic heterocycles. The summed E-state index contributed by atoms with van der Waals surface area (Å²) in [7, 11) is -2.55. The van der Waals surface area contributed by atoms with E-state index in [0.717, 1.165) is 89.2 Å². The van der Waals surface area contributed by atoms with E-state index in [9.17, 15) is 22.6 Å². The number of anilines is 2. The molecule has 3 heterocycles. The van der Waals surface area contributed by atoms with E-state index in [2.05, 4.69) is 97.8 Å². The Morgan fingerprint density at radius 1 is 0.855 bits per heavy atom. The second-order valence-corrected chi connectivity index (χ2v) is 18.6. The van der Waals surface area contributed by atoms with E-state index in [-0.39, 0.29) is 73.5 Å². The molecule has 0 radical (unpaired) electrons. The second-order valence-electron chi connectivity index (χ2n) is 17.2. The van der Waals surface area contributed by atoms with Gasteiger partial charge in [-0.1, -0.05) is 94.3 Å². The second kappa shape index (κ2) is 20.2. The van der Waals surface area contributed by atoms with Gasteiger partial charge in [0.2, 0.25) is 11.8 Å². The molecule has 3 aliphatic rings. The summed E-state index contributed by atoms with van der Waals surface area (Å²) in [5, 5.41) is 3.06. The monoisotopic (exact) mass is 874 g/mol. The van der Waals surface area contributed by atoms with Gasteiger partial charge in [-0.3, -0.25) is 9.59 Å². The van der Waals surface area contributed by atoms with Gasteiger partial charge in [0.25, 0.3) is 0 Å². The normalized spacial score (nSPS) is 16.4. The Hall–Kier alpha value is -4.12. The molecule has 0 saturated heterocycles. The molecule has 2 amide bonds. The summed E-state index contributed by atoms with van der Waals surface area (Å²) in [4.78, 5) is 30.1. The van der Waals surface area contributed by atoms with Gasteiger partial charge >= 0.3 is 51.4 Å². The quantitative estimate of drug-likeness (QED) is 0.0403. The molecule has 0 fully saturated rings. The minimum Gasteiger partial charge on any atom is -0.744 e. The van der Waals surface area contributed by atoms with Crippen molar-refractivity contribution in [1.82, 2.24) is 5.32 Å². The Morgan fingerprint density at radius 2 is 1.56 bits per heavy atom. The summed E-state index contributed by atoms with van der Waals surface area (Å²) >= 11 is 0. The van der Waals surface area contributed by atoms with E-state index in [1.165, 1.54) is 17.7 Å². The number of hydrogen-bond acceptors (Lipinski definition) is 6. The van der Waals surface area contributed by atoms with E-state index in [1.54, 1.807) is 6.07 Å². The van der Waals surface area contributed by atoms with Crippen LogP contribution in [-0.2, 0) is 37.1 Å². The number of amides is 2. The maximum atomic E-state index is 13.5. The summed E-state index contributed by atoms with van der Waals surface area (Å²) < 4.78 is 38.3. The average Bonchev–Trinajstić information content (AvgIpc) is 3.56. The average molecular weight is 875 g/mol. The van der Waals surface area contributed by atoms with Crippen LogP contribution in [0.15, 0.2) is 114 Å². The number of nitrogens with one attached hydrogen (secondary N) is 1. The van der Waals surface area contributed by atoms with Crippen molar-refractivity contribution in [2.24, 2.45) is 0 Å². The SMILES string of the molecule is C[N+]1=C(/C=C/C=C2/N(CCCCCC(=O)NCCCCCC(=O)N3Cc4ccccc4C#Cc4ccccc43)c3ccc(S(=O)(=O)[O-])cc3C2(C)C)C(C)(C)c2c[c-]ccc21.[K+]. The zero-order chi connectivity index (χ0) is 43.4. The Labute approximate surface area is 410 Å². The van der Waals surface area contributed by atoms with Crippen LogP contribution >= 0.6 is 0 Å². The maximum Gasteiger partial charge on any atom is 1.00 e. The fourth-order valence-electron chi connectivity index (χ4n) is 8.97. The number of carbonyl (C=O) groups excluding carboxylic acids is 2. The number of para-hydroxylation sites is 1. The number of hydrogen-bond donors (Lipinski definition) is 1. The van der Waals surface area contributed by atoms with E-state index in [0.29, 0.717) is 32.5 Å². The van der Waals surface area contributed by atoms with Gasteiger partial charge in [0.05, 0.1) is 17.1 Å². The zero-order valence-electron chi connectivity index (χ0n) is 36.9. The fourth-order valence-corrected chi connectivity index (χ4v) is 9.47. The predicted molar refractivity (Wildman–Crippen MR) is 241 cm³/mol. The van der Waals surface area contributed by atoms with Gasteiger partial charge in [-0.25, -0.2) is 13.0 Å². The first-order valence-corrected chi connectivity index (χ1v) is 22.7. The van der Waals surface area contributed by atoms with Crippen LogP contribution in [0.3, 0.4) is 0 Å². The molecule has 4 aromatic rings. The molecular weight excluding hydrogens is 820 g/mol. The summed E-state index contributed by atoms with van der Waals surface area (Å²) in [5.74, 6) is 6.61. The number of benzene rings is 4. The molecule has 0 spiro atoms. The molecule has 0 aliphatic carbocycles. The molecule has 62 heavy (non-hydrogen) atoms. The van der Waals surface area contributed by atoms with Crippen LogP contribution in [0.2, 0.25) is 0 Å². The molecule has 3 aliphatic heterocycles. The molecular formula is C51H55KN4O5S. The molecule has 0 bridgehead atoms. The molecule has 0 atom stereocenters. The summed E-state index contributed by atoms with van der Waals surface area (Å²) in [6, 6.07) is 29.7. The summed E-state index contributed by atoms with van der Waals surface area (Å²) in [5.41, 5.74) is 9.11. The van der Waals surface area contributed by atoms with Crippen LogP contribution in [0, 0.1) is 17.9 Å².